The van der Waals surface area contributed by atoms with Crippen LogP contribution in [0.4, 0.5) is 4.39 Å². The Bertz CT molecular complexity index is 1650. The molecule has 1 fully saturated rings. The van der Waals surface area contributed by atoms with E-state index in [2.05, 4.69) is 4.98 Å². The molecule has 0 bridgehead atoms. The molecule has 0 spiro atoms. The zero-order valence-electron chi connectivity index (χ0n) is 20.8. The van der Waals surface area contributed by atoms with E-state index in [1.165, 1.54) is 17.0 Å². The number of fused-ring (bicyclic) bond motifs is 1. The first kappa shape index (κ1) is 25.7. The van der Waals surface area contributed by atoms with E-state index in [0.29, 0.717) is 51.8 Å². The van der Waals surface area contributed by atoms with Crippen molar-refractivity contribution in [2.24, 2.45) is 0 Å². The zero-order valence-corrected chi connectivity index (χ0v) is 22.3. The standard InChI is InChI=1S/C30H24Cl2FN3O3/c31-21-6-2-5-20(14-21)30(8-9-30)29-34-25-7-10-36(16-24(25)27(38)35-29)28(39)26(37)18-4-1-3-17(11-18)19-12-22(32)15-23(33)13-19/h1-6,11-15,26,37H,7-10,16H2,(H,34,35,38)/t26-/m1/s1. The van der Waals surface area contributed by atoms with Crippen LogP contribution in [0.1, 0.15) is 47.2 Å². The summed E-state index contributed by atoms with van der Waals surface area (Å²) in [7, 11) is 0. The van der Waals surface area contributed by atoms with Gasteiger partial charge in [-0.25, -0.2) is 9.37 Å². The minimum Gasteiger partial charge on any atom is -0.378 e. The van der Waals surface area contributed by atoms with Crippen molar-refractivity contribution in [1.82, 2.24) is 14.9 Å². The smallest absolute Gasteiger partial charge is 0.256 e. The number of aromatic amines is 1. The minimum absolute atomic E-state index is 0.0528. The van der Waals surface area contributed by atoms with Crippen LogP contribution in [0.5, 0.6) is 0 Å². The maximum atomic E-state index is 13.9. The summed E-state index contributed by atoms with van der Waals surface area (Å²) in [6.45, 7) is 0.374. The van der Waals surface area contributed by atoms with E-state index in [4.69, 9.17) is 28.2 Å². The third-order valence-corrected chi connectivity index (χ3v) is 8.05. The number of carbonyl (C=O) groups is 1. The number of benzene rings is 3. The van der Waals surface area contributed by atoms with Gasteiger partial charge >= 0.3 is 0 Å². The van der Waals surface area contributed by atoms with Crippen molar-refractivity contribution in [2.75, 3.05) is 6.54 Å². The minimum atomic E-state index is -1.44. The number of nitrogens with one attached hydrogen (secondary N) is 1. The monoisotopic (exact) mass is 563 g/mol. The van der Waals surface area contributed by atoms with Gasteiger partial charge in [0.2, 0.25) is 0 Å². The van der Waals surface area contributed by atoms with Crippen molar-refractivity contribution in [3.8, 4) is 11.1 Å². The Morgan fingerprint density at radius 2 is 1.82 bits per heavy atom. The Kier molecular flexibility index (Phi) is 6.53. The molecule has 1 saturated carbocycles. The molecule has 0 radical (unpaired) electrons. The predicted molar refractivity (Wildman–Crippen MR) is 147 cm³/mol. The molecule has 1 aromatic heterocycles. The molecule has 2 heterocycles. The Labute approximate surface area is 234 Å². The van der Waals surface area contributed by atoms with Crippen molar-refractivity contribution in [3.63, 3.8) is 0 Å². The van der Waals surface area contributed by atoms with Crippen molar-refractivity contribution in [2.45, 2.75) is 37.3 Å². The molecular weight excluding hydrogens is 540 g/mol. The highest BCUT2D eigenvalue weighted by atomic mass is 35.5. The van der Waals surface area contributed by atoms with Crippen LogP contribution in [-0.4, -0.2) is 32.4 Å². The van der Waals surface area contributed by atoms with Crippen LogP contribution in [0.15, 0.2) is 71.5 Å². The molecule has 1 atom stereocenters. The average Bonchev–Trinajstić information content (AvgIpc) is 3.74. The lowest BCUT2D eigenvalue weighted by Crippen LogP contribution is -2.42. The fourth-order valence-electron chi connectivity index (χ4n) is 5.34. The molecule has 39 heavy (non-hydrogen) atoms. The highest BCUT2D eigenvalue weighted by Gasteiger charge is 2.49. The van der Waals surface area contributed by atoms with Gasteiger partial charge in [0, 0.05) is 23.0 Å². The van der Waals surface area contributed by atoms with Crippen molar-refractivity contribution < 1.29 is 14.3 Å². The number of rotatable bonds is 5. The molecule has 9 heteroatoms. The van der Waals surface area contributed by atoms with Crippen LogP contribution in [0, 0.1) is 5.82 Å². The zero-order chi connectivity index (χ0) is 27.3. The fourth-order valence-corrected chi connectivity index (χ4v) is 5.75. The Morgan fingerprint density at radius 1 is 1.03 bits per heavy atom. The largest absolute Gasteiger partial charge is 0.378 e. The molecule has 0 unspecified atom stereocenters. The first-order chi connectivity index (χ1) is 18.7. The number of aromatic nitrogens is 2. The molecule has 4 aromatic rings. The third-order valence-electron chi connectivity index (χ3n) is 7.59. The number of nitrogens with zero attached hydrogens (tertiary/aromatic N) is 2. The fraction of sp³-hybridized carbons (Fsp3) is 0.233. The van der Waals surface area contributed by atoms with E-state index in [-0.39, 0.29) is 22.5 Å². The third kappa shape index (κ3) is 4.86. The second kappa shape index (κ2) is 9.90. The Hall–Kier alpha value is -3.52. The molecule has 6 rings (SSSR count). The van der Waals surface area contributed by atoms with E-state index < -0.39 is 17.8 Å². The molecular formula is C30H24Cl2FN3O3. The van der Waals surface area contributed by atoms with Crippen molar-refractivity contribution in [3.05, 3.63) is 121 Å². The second-order valence-electron chi connectivity index (χ2n) is 10.1. The Morgan fingerprint density at radius 3 is 2.56 bits per heavy atom. The molecule has 3 aromatic carbocycles. The van der Waals surface area contributed by atoms with Gasteiger partial charge in [0.05, 0.1) is 23.2 Å². The average molecular weight is 564 g/mol. The number of carbonyl (C=O) groups excluding carboxylic acids is 1. The van der Waals surface area contributed by atoms with Gasteiger partial charge in [0.1, 0.15) is 11.6 Å². The summed E-state index contributed by atoms with van der Waals surface area (Å²) in [5.74, 6) is -0.368. The van der Waals surface area contributed by atoms with Crippen molar-refractivity contribution >= 4 is 29.1 Å². The lowest BCUT2D eigenvalue weighted by atomic mass is 9.94. The molecule has 1 aliphatic carbocycles. The number of H-pyrrole nitrogens is 1. The molecule has 2 N–H and O–H groups in total. The summed E-state index contributed by atoms with van der Waals surface area (Å²) in [5, 5.41) is 11.8. The summed E-state index contributed by atoms with van der Waals surface area (Å²) in [5.41, 5.74) is 3.01. The highest BCUT2D eigenvalue weighted by molar-refractivity contribution is 6.31. The molecule has 6 nitrogen and oxygen atoms in total. The summed E-state index contributed by atoms with van der Waals surface area (Å²) >= 11 is 12.2. The van der Waals surface area contributed by atoms with Crippen LogP contribution in [0.2, 0.25) is 10.0 Å². The number of halogens is 3. The lowest BCUT2D eigenvalue weighted by molar-refractivity contribution is -0.141. The van der Waals surface area contributed by atoms with Crippen molar-refractivity contribution in [1.29, 1.82) is 0 Å². The summed E-state index contributed by atoms with van der Waals surface area (Å²) in [4.78, 5) is 35.7. The van der Waals surface area contributed by atoms with Gasteiger partial charge in [0.15, 0.2) is 6.10 Å². The number of hydrogen-bond donors (Lipinski definition) is 2. The van der Waals surface area contributed by atoms with Gasteiger partial charge in [0.25, 0.3) is 11.5 Å². The van der Waals surface area contributed by atoms with Crippen LogP contribution < -0.4 is 5.56 Å². The van der Waals surface area contributed by atoms with Gasteiger partial charge in [-0.05, 0) is 71.5 Å². The lowest BCUT2D eigenvalue weighted by Gasteiger charge is -2.30. The quantitative estimate of drug-likeness (QED) is 0.332. The molecule has 1 amide bonds. The van der Waals surface area contributed by atoms with Crippen LogP contribution in [0.25, 0.3) is 11.1 Å². The van der Waals surface area contributed by atoms with Gasteiger partial charge in [-0.1, -0.05) is 53.5 Å². The highest BCUT2D eigenvalue weighted by Crippen LogP contribution is 2.52. The second-order valence-corrected chi connectivity index (χ2v) is 11.0. The number of hydrogen-bond acceptors (Lipinski definition) is 4. The number of aliphatic hydroxyl groups is 1. The number of aliphatic hydroxyl groups excluding tert-OH is 1. The normalized spacial score (nSPS) is 16.5. The van der Waals surface area contributed by atoms with Crippen LogP contribution in [-0.2, 0) is 23.2 Å². The summed E-state index contributed by atoms with van der Waals surface area (Å²) in [6, 6.07) is 18.5. The summed E-state index contributed by atoms with van der Waals surface area (Å²) in [6.07, 6.45) is 0.692. The van der Waals surface area contributed by atoms with E-state index >= 15 is 0 Å². The molecule has 198 valence electrons. The van der Waals surface area contributed by atoms with E-state index in [9.17, 15) is 19.1 Å². The Balaban J connectivity index is 1.23. The first-order valence-corrected chi connectivity index (χ1v) is 13.4. The maximum absolute atomic E-state index is 13.9. The topological polar surface area (TPSA) is 86.3 Å². The van der Waals surface area contributed by atoms with Gasteiger partial charge in [-0.2, -0.15) is 0 Å². The van der Waals surface area contributed by atoms with E-state index in [1.54, 1.807) is 30.3 Å². The van der Waals surface area contributed by atoms with Gasteiger partial charge < -0.3 is 15.0 Å². The first-order valence-electron chi connectivity index (χ1n) is 12.7. The van der Waals surface area contributed by atoms with Gasteiger partial charge in [-0.15, -0.1) is 0 Å². The SMILES string of the molecule is O=C([C@H](O)c1cccc(-c2cc(F)cc(Cl)c2)c1)N1CCc2nc(C3(c4cccc(Cl)c4)CC3)[nH]c(=O)c2C1. The molecule has 0 saturated heterocycles. The van der Waals surface area contributed by atoms with Crippen LogP contribution >= 0.6 is 23.2 Å². The molecule has 1 aliphatic heterocycles. The van der Waals surface area contributed by atoms with Gasteiger partial charge in [-0.3, -0.25) is 9.59 Å². The van der Waals surface area contributed by atoms with E-state index in [0.717, 1.165) is 18.4 Å². The number of amides is 1. The molecule has 2 aliphatic rings. The van der Waals surface area contributed by atoms with Crippen LogP contribution in [0.3, 0.4) is 0 Å². The summed E-state index contributed by atoms with van der Waals surface area (Å²) < 4.78 is 13.9. The van der Waals surface area contributed by atoms with E-state index in [1.807, 2.05) is 24.3 Å². The maximum Gasteiger partial charge on any atom is 0.256 e. The predicted octanol–water partition coefficient (Wildman–Crippen LogP) is 5.58.